The third-order valence-corrected chi connectivity index (χ3v) is 3.36. The second-order valence-corrected chi connectivity index (χ2v) is 4.98. The number of carbonyl (C=O) groups excluding carboxylic acids is 1. The maximum atomic E-state index is 12.0. The Bertz CT molecular complexity index is 736. The molecule has 2 N–H and O–H groups in total. The van der Waals surface area contributed by atoms with Crippen molar-refractivity contribution < 1.29 is 28.6 Å². The minimum absolute atomic E-state index is 0.0541. The quantitative estimate of drug-likeness (QED) is 0.896. The van der Waals surface area contributed by atoms with Crippen LogP contribution in [0.3, 0.4) is 0 Å². The number of benzene rings is 1. The predicted molar refractivity (Wildman–Crippen MR) is 78.9 cm³/mol. The second-order valence-electron chi connectivity index (χ2n) is 4.98. The summed E-state index contributed by atoms with van der Waals surface area (Å²) in [6, 6.07) is 6.66. The highest BCUT2D eigenvalue weighted by Crippen LogP contribution is 2.33. The Hall–Kier alpha value is -2.96. The molecule has 0 atom stereocenters. The van der Waals surface area contributed by atoms with Crippen LogP contribution in [0.1, 0.15) is 32.9 Å². The Labute approximate surface area is 131 Å². The van der Waals surface area contributed by atoms with E-state index in [1.165, 1.54) is 6.07 Å². The zero-order valence-electron chi connectivity index (χ0n) is 12.2. The van der Waals surface area contributed by atoms with Crippen LogP contribution < -0.4 is 14.8 Å². The summed E-state index contributed by atoms with van der Waals surface area (Å²) in [5.74, 6) is -0.422. The van der Waals surface area contributed by atoms with Crippen LogP contribution in [0, 0.1) is 0 Å². The van der Waals surface area contributed by atoms with Crippen molar-refractivity contribution in [2.24, 2.45) is 0 Å². The van der Waals surface area contributed by atoms with Crippen molar-refractivity contribution in [3.63, 3.8) is 0 Å². The summed E-state index contributed by atoms with van der Waals surface area (Å²) in [5.41, 5.74) is 0.711. The van der Waals surface area contributed by atoms with Crippen molar-refractivity contribution in [3.05, 3.63) is 47.4 Å². The van der Waals surface area contributed by atoms with Crippen molar-refractivity contribution in [2.45, 2.75) is 13.0 Å². The molecular weight excluding hydrogens is 302 g/mol. The van der Waals surface area contributed by atoms with E-state index in [1.807, 2.05) is 18.2 Å². The molecule has 23 heavy (non-hydrogen) atoms. The topological polar surface area (TPSA) is 98.0 Å². The molecule has 1 aromatic heterocycles. The molecule has 2 aromatic rings. The number of furan rings is 1. The van der Waals surface area contributed by atoms with Crippen LogP contribution >= 0.6 is 0 Å². The molecule has 0 radical (unpaired) electrons. The molecule has 0 bridgehead atoms. The highest BCUT2D eigenvalue weighted by atomic mass is 16.5. The van der Waals surface area contributed by atoms with Crippen LogP contribution in [0.5, 0.6) is 11.5 Å². The van der Waals surface area contributed by atoms with Crippen molar-refractivity contribution in [1.29, 1.82) is 0 Å². The van der Waals surface area contributed by atoms with Crippen LogP contribution in [0.4, 0.5) is 0 Å². The fourth-order valence-corrected chi connectivity index (χ4v) is 2.22. The highest BCUT2D eigenvalue weighted by Gasteiger charge is 2.17. The van der Waals surface area contributed by atoms with Crippen molar-refractivity contribution in [3.8, 4) is 11.5 Å². The number of carboxylic acids is 1. The van der Waals surface area contributed by atoms with Gasteiger partial charge in [-0.1, -0.05) is 12.1 Å². The minimum Gasteiger partial charge on any atom is -0.490 e. The van der Waals surface area contributed by atoms with Gasteiger partial charge in [-0.25, -0.2) is 4.79 Å². The van der Waals surface area contributed by atoms with E-state index in [0.29, 0.717) is 24.7 Å². The van der Waals surface area contributed by atoms with Crippen LogP contribution in [0.15, 0.2) is 34.9 Å². The van der Waals surface area contributed by atoms with Gasteiger partial charge in [0, 0.05) is 24.6 Å². The fraction of sp³-hybridized carbons (Fsp3) is 0.250. The average Bonchev–Trinajstić information content (AvgIpc) is 2.92. The Kier molecular flexibility index (Phi) is 4.18. The number of fused-ring (bicyclic) bond motifs is 1. The first-order chi connectivity index (χ1) is 11.1. The number of hydrogen-bond acceptors (Lipinski definition) is 5. The van der Waals surface area contributed by atoms with Gasteiger partial charge in [0.2, 0.25) is 0 Å². The second kappa shape index (κ2) is 6.43. The fourth-order valence-electron chi connectivity index (χ4n) is 2.22. The lowest BCUT2D eigenvalue weighted by molar-refractivity contribution is 0.0695. The van der Waals surface area contributed by atoms with Gasteiger partial charge >= 0.3 is 5.97 Å². The number of para-hydroxylation sites is 1. The zero-order valence-corrected chi connectivity index (χ0v) is 12.2. The van der Waals surface area contributed by atoms with Gasteiger partial charge in [-0.15, -0.1) is 0 Å². The number of rotatable bonds is 4. The van der Waals surface area contributed by atoms with E-state index in [0.717, 1.165) is 18.2 Å². The van der Waals surface area contributed by atoms with E-state index in [4.69, 9.17) is 19.0 Å². The minimum atomic E-state index is -1.15. The molecule has 120 valence electrons. The smallest absolute Gasteiger partial charge is 0.338 e. The van der Waals surface area contributed by atoms with Crippen molar-refractivity contribution in [1.82, 2.24) is 5.32 Å². The molecule has 0 spiro atoms. The predicted octanol–water partition coefficient (Wildman–Crippen LogP) is 2.07. The maximum absolute atomic E-state index is 12.0. The summed E-state index contributed by atoms with van der Waals surface area (Å²) in [4.78, 5) is 22.8. The molecule has 1 aliphatic heterocycles. The molecule has 1 aromatic carbocycles. The van der Waals surface area contributed by atoms with Gasteiger partial charge in [-0.05, 0) is 6.07 Å². The lowest BCUT2D eigenvalue weighted by Gasteiger charge is -2.12. The molecular formula is C16H15NO6. The van der Waals surface area contributed by atoms with Gasteiger partial charge < -0.3 is 24.3 Å². The van der Waals surface area contributed by atoms with Crippen LogP contribution in [0.25, 0.3) is 0 Å². The number of nitrogens with one attached hydrogen (secondary N) is 1. The molecule has 3 rings (SSSR count). The number of ether oxygens (including phenoxy) is 2. The molecule has 2 heterocycles. The first kappa shape index (κ1) is 15.0. The first-order valence-electron chi connectivity index (χ1n) is 7.12. The normalized spacial score (nSPS) is 13.2. The summed E-state index contributed by atoms with van der Waals surface area (Å²) in [5, 5.41) is 11.5. The number of hydrogen-bond donors (Lipinski definition) is 2. The summed E-state index contributed by atoms with van der Waals surface area (Å²) in [6.07, 6.45) is 1.83. The maximum Gasteiger partial charge on any atom is 0.338 e. The van der Waals surface area contributed by atoms with E-state index in [9.17, 15) is 9.59 Å². The monoisotopic (exact) mass is 317 g/mol. The largest absolute Gasteiger partial charge is 0.490 e. The third kappa shape index (κ3) is 3.28. The lowest BCUT2D eigenvalue weighted by Crippen LogP contribution is -2.22. The average molecular weight is 317 g/mol. The number of aromatic carboxylic acids is 1. The molecule has 7 heteroatoms. The lowest BCUT2D eigenvalue weighted by atomic mass is 10.2. The molecule has 0 unspecified atom stereocenters. The van der Waals surface area contributed by atoms with Gasteiger partial charge in [-0.2, -0.15) is 0 Å². The first-order valence-corrected chi connectivity index (χ1v) is 7.12. The molecule has 0 saturated heterocycles. The van der Waals surface area contributed by atoms with Gasteiger partial charge in [0.25, 0.3) is 5.91 Å². The standard InChI is InChI=1S/C16H15NO6/c18-15(13-7-11(9-23-13)16(19)20)17-8-10-3-1-4-12-14(10)22-6-2-5-21-12/h1,3-4,7,9H,2,5-6,8H2,(H,17,18)(H,19,20). The summed E-state index contributed by atoms with van der Waals surface area (Å²) in [6.45, 7) is 1.36. The number of carbonyl (C=O) groups is 2. The van der Waals surface area contributed by atoms with E-state index in [2.05, 4.69) is 5.32 Å². The molecule has 0 aliphatic carbocycles. The van der Waals surface area contributed by atoms with Crippen molar-refractivity contribution in [2.75, 3.05) is 13.2 Å². The van der Waals surface area contributed by atoms with Crippen molar-refractivity contribution >= 4 is 11.9 Å². The Morgan fingerprint density at radius 1 is 1.22 bits per heavy atom. The van der Waals surface area contributed by atoms with Crippen LogP contribution in [-0.4, -0.2) is 30.2 Å². The van der Waals surface area contributed by atoms with E-state index < -0.39 is 11.9 Å². The summed E-state index contributed by atoms with van der Waals surface area (Å²) >= 11 is 0. The molecule has 0 saturated carbocycles. The third-order valence-electron chi connectivity index (χ3n) is 3.36. The highest BCUT2D eigenvalue weighted by molar-refractivity contribution is 5.95. The molecule has 1 aliphatic rings. The SMILES string of the molecule is O=C(O)c1coc(C(=O)NCc2cccc3c2OCCCO3)c1. The Balaban J connectivity index is 1.70. The van der Waals surface area contributed by atoms with E-state index >= 15 is 0 Å². The van der Waals surface area contributed by atoms with Gasteiger partial charge in [0.05, 0.1) is 18.8 Å². The molecule has 7 nitrogen and oxygen atoms in total. The Morgan fingerprint density at radius 2 is 2.04 bits per heavy atom. The van der Waals surface area contributed by atoms with Gasteiger partial charge in [0.1, 0.15) is 6.26 Å². The van der Waals surface area contributed by atoms with Crippen LogP contribution in [0.2, 0.25) is 0 Å². The summed E-state index contributed by atoms with van der Waals surface area (Å²) in [7, 11) is 0. The Morgan fingerprint density at radius 3 is 2.83 bits per heavy atom. The van der Waals surface area contributed by atoms with Gasteiger partial charge in [0.15, 0.2) is 17.3 Å². The van der Waals surface area contributed by atoms with Gasteiger partial charge in [-0.3, -0.25) is 4.79 Å². The van der Waals surface area contributed by atoms with E-state index in [-0.39, 0.29) is 17.9 Å². The van der Waals surface area contributed by atoms with Crippen LogP contribution in [-0.2, 0) is 6.54 Å². The zero-order chi connectivity index (χ0) is 16.2. The number of amides is 1. The molecule has 1 amide bonds. The molecule has 0 fully saturated rings. The summed E-state index contributed by atoms with van der Waals surface area (Å²) < 4.78 is 16.2. The van der Waals surface area contributed by atoms with E-state index in [1.54, 1.807) is 0 Å². The number of carboxylic acid groups (broad SMARTS) is 1.